The number of fused-ring (bicyclic) bond motifs is 7. The van der Waals surface area contributed by atoms with Gasteiger partial charge in [0.2, 0.25) is 0 Å². The maximum Gasteiger partial charge on any atom is 0.160 e. The molecule has 296 valence electrons. The van der Waals surface area contributed by atoms with Crippen molar-refractivity contribution < 1.29 is 0 Å². The van der Waals surface area contributed by atoms with Gasteiger partial charge in [0.15, 0.2) is 5.82 Å². The van der Waals surface area contributed by atoms with E-state index < -0.39 is 0 Å². The van der Waals surface area contributed by atoms with Crippen molar-refractivity contribution in [2.45, 2.75) is 19.3 Å². The molecule has 0 saturated heterocycles. The quantitative estimate of drug-likeness (QED) is 0.167. The molecule has 2 nitrogen and oxygen atoms in total. The Morgan fingerprint density at radius 2 is 0.810 bits per heavy atom. The third kappa shape index (κ3) is 6.02. The van der Waals surface area contributed by atoms with E-state index in [9.17, 15) is 0 Å². The van der Waals surface area contributed by atoms with E-state index in [0.717, 1.165) is 39.0 Å². The molecule has 1 aliphatic carbocycles. The molecule has 12 rings (SSSR count). The van der Waals surface area contributed by atoms with Crippen molar-refractivity contribution in [2.75, 3.05) is 0 Å². The van der Waals surface area contributed by atoms with Crippen LogP contribution in [0.5, 0.6) is 0 Å². The van der Waals surface area contributed by atoms with Gasteiger partial charge >= 0.3 is 0 Å². The Morgan fingerprint density at radius 1 is 0.317 bits per heavy atom. The topological polar surface area (TPSA) is 25.8 Å². The van der Waals surface area contributed by atoms with Crippen LogP contribution in [0.1, 0.15) is 25.0 Å². The summed E-state index contributed by atoms with van der Waals surface area (Å²) in [5.41, 5.74) is 17.5. The number of benzene rings is 10. The van der Waals surface area contributed by atoms with E-state index in [0.29, 0.717) is 5.82 Å². The van der Waals surface area contributed by atoms with E-state index in [1.807, 2.05) is 18.2 Å². The van der Waals surface area contributed by atoms with Gasteiger partial charge < -0.3 is 0 Å². The molecule has 0 N–H and O–H groups in total. The molecule has 0 bridgehead atoms. The normalized spacial score (nSPS) is 12.7. The fraction of sp³-hybridized carbons (Fsp3) is 0.0492. The summed E-state index contributed by atoms with van der Waals surface area (Å²) in [7, 11) is 0. The van der Waals surface area contributed by atoms with Crippen LogP contribution in [-0.2, 0) is 5.41 Å². The average molecular weight is 803 g/mol. The van der Waals surface area contributed by atoms with Gasteiger partial charge in [-0.3, -0.25) is 0 Å². The summed E-state index contributed by atoms with van der Waals surface area (Å²) >= 11 is 0. The summed E-state index contributed by atoms with van der Waals surface area (Å²) < 4.78 is 0. The van der Waals surface area contributed by atoms with E-state index in [4.69, 9.17) is 9.97 Å². The minimum Gasteiger partial charge on any atom is -0.228 e. The molecule has 0 unspecified atom stereocenters. The standard InChI is InChI=1S/C61H42N2/c1-61(2)55-36-31-40-19-9-10-24-44(40)58(55)54-30-16-29-53(59(54)61)51-33-32-49(45-25-11-12-26-46(45)51)50-34-35-52(48-28-14-13-27-47(48)50)57-38-56(62-60(63-57)41-20-7-4-8-21-41)43-23-15-22-42(37-43)39-17-5-3-6-18-39/h3-38H,1-2H3. The first-order valence-electron chi connectivity index (χ1n) is 21.8. The van der Waals surface area contributed by atoms with E-state index in [1.165, 1.54) is 77.0 Å². The lowest BCUT2D eigenvalue weighted by atomic mass is 9.78. The van der Waals surface area contributed by atoms with Crippen molar-refractivity contribution >= 4 is 32.3 Å². The highest BCUT2D eigenvalue weighted by Gasteiger charge is 2.38. The average Bonchev–Trinajstić information content (AvgIpc) is 3.60. The van der Waals surface area contributed by atoms with Gasteiger partial charge in [0, 0.05) is 22.1 Å². The Bertz CT molecular complexity index is 3580. The Labute approximate surface area is 367 Å². The molecule has 0 atom stereocenters. The Hall–Kier alpha value is -7.94. The van der Waals surface area contributed by atoms with E-state index in [-0.39, 0.29) is 5.41 Å². The molecule has 0 aliphatic heterocycles. The van der Waals surface area contributed by atoms with E-state index >= 15 is 0 Å². The second-order valence-corrected chi connectivity index (χ2v) is 17.2. The minimum absolute atomic E-state index is 0.164. The zero-order valence-corrected chi connectivity index (χ0v) is 35.2. The van der Waals surface area contributed by atoms with Gasteiger partial charge in [-0.2, -0.15) is 0 Å². The number of aromatic nitrogens is 2. The van der Waals surface area contributed by atoms with Crippen LogP contribution in [0.4, 0.5) is 0 Å². The maximum absolute atomic E-state index is 5.29. The minimum atomic E-state index is -0.164. The molecule has 0 fully saturated rings. The van der Waals surface area contributed by atoms with Gasteiger partial charge in [-0.1, -0.05) is 220 Å². The van der Waals surface area contributed by atoms with Crippen LogP contribution in [0.25, 0.3) is 111 Å². The molecule has 2 heteroatoms. The second kappa shape index (κ2) is 14.6. The van der Waals surface area contributed by atoms with Crippen molar-refractivity contribution in [1.82, 2.24) is 9.97 Å². The van der Waals surface area contributed by atoms with Gasteiger partial charge in [-0.15, -0.1) is 0 Å². The van der Waals surface area contributed by atoms with Gasteiger partial charge in [0.1, 0.15) is 0 Å². The van der Waals surface area contributed by atoms with Crippen LogP contribution in [-0.4, -0.2) is 9.97 Å². The van der Waals surface area contributed by atoms with E-state index in [2.05, 4.69) is 214 Å². The highest BCUT2D eigenvalue weighted by molar-refractivity contribution is 6.13. The summed E-state index contributed by atoms with van der Waals surface area (Å²) in [6.45, 7) is 4.79. The number of hydrogen-bond acceptors (Lipinski definition) is 2. The lowest BCUT2D eigenvalue weighted by Crippen LogP contribution is -2.16. The van der Waals surface area contributed by atoms with Crippen molar-refractivity contribution in [1.29, 1.82) is 0 Å². The summed E-state index contributed by atoms with van der Waals surface area (Å²) in [4.78, 5) is 10.5. The zero-order valence-electron chi connectivity index (χ0n) is 35.2. The largest absolute Gasteiger partial charge is 0.228 e. The van der Waals surface area contributed by atoms with Crippen molar-refractivity contribution in [3.8, 4) is 78.4 Å². The second-order valence-electron chi connectivity index (χ2n) is 17.2. The summed E-state index contributed by atoms with van der Waals surface area (Å²) in [6.07, 6.45) is 0. The van der Waals surface area contributed by atoms with Crippen LogP contribution in [0.2, 0.25) is 0 Å². The third-order valence-corrected chi connectivity index (χ3v) is 13.3. The third-order valence-electron chi connectivity index (χ3n) is 13.3. The lowest BCUT2D eigenvalue weighted by molar-refractivity contribution is 0.662. The molecule has 10 aromatic carbocycles. The van der Waals surface area contributed by atoms with Gasteiger partial charge in [-0.05, 0) is 100 Å². The number of rotatable bonds is 6. The Morgan fingerprint density at radius 3 is 1.49 bits per heavy atom. The monoisotopic (exact) mass is 802 g/mol. The highest BCUT2D eigenvalue weighted by atomic mass is 14.9. The SMILES string of the molecule is CC1(C)c2ccc3ccccc3c2-c2cccc(-c3ccc(-c4ccc(-c5cc(-c6cccc(-c7ccccc7)c6)nc(-c6ccccc6)n5)c5ccccc45)c4ccccc34)c21. The first-order valence-corrected chi connectivity index (χ1v) is 21.8. The fourth-order valence-corrected chi connectivity index (χ4v) is 10.3. The van der Waals surface area contributed by atoms with Crippen molar-refractivity contribution in [3.05, 3.63) is 230 Å². The number of hydrogen-bond donors (Lipinski definition) is 0. The van der Waals surface area contributed by atoms with Gasteiger partial charge in [0.25, 0.3) is 0 Å². The zero-order chi connectivity index (χ0) is 42.1. The summed E-state index contributed by atoms with van der Waals surface area (Å²) in [6, 6.07) is 79.0. The van der Waals surface area contributed by atoms with Gasteiger partial charge in [-0.25, -0.2) is 9.97 Å². The molecule has 63 heavy (non-hydrogen) atoms. The lowest BCUT2D eigenvalue weighted by Gasteiger charge is -2.25. The molecule has 0 saturated carbocycles. The molecule has 11 aromatic rings. The van der Waals surface area contributed by atoms with Gasteiger partial charge in [0.05, 0.1) is 11.4 Å². The molecular weight excluding hydrogens is 761 g/mol. The molecule has 0 radical (unpaired) electrons. The molecular formula is C61H42N2. The molecule has 1 heterocycles. The van der Waals surface area contributed by atoms with Crippen molar-refractivity contribution in [2.24, 2.45) is 0 Å². The van der Waals surface area contributed by atoms with Crippen LogP contribution < -0.4 is 0 Å². The summed E-state index contributed by atoms with van der Waals surface area (Å²) in [5, 5.41) is 7.42. The first kappa shape index (κ1) is 36.9. The van der Waals surface area contributed by atoms with E-state index in [1.54, 1.807) is 0 Å². The maximum atomic E-state index is 5.29. The fourth-order valence-electron chi connectivity index (χ4n) is 10.3. The van der Waals surface area contributed by atoms with Crippen LogP contribution in [0.3, 0.4) is 0 Å². The van der Waals surface area contributed by atoms with Crippen LogP contribution in [0, 0.1) is 0 Å². The predicted molar refractivity (Wildman–Crippen MR) is 265 cm³/mol. The molecule has 0 spiro atoms. The van der Waals surface area contributed by atoms with Crippen LogP contribution in [0.15, 0.2) is 218 Å². The first-order chi connectivity index (χ1) is 31.0. The van der Waals surface area contributed by atoms with Crippen molar-refractivity contribution in [3.63, 3.8) is 0 Å². The molecule has 1 aliphatic rings. The summed E-state index contributed by atoms with van der Waals surface area (Å²) in [5.74, 6) is 0.704. The smallest absolute Gasteiger partial charge is 0.160 e. The highest BCUT2D eigenvalue weighted by Crippen LogP contribution is 2.55. The Kier molecular flexibility index (Phi) is 8.55. The molecule has 1 aromatic heterocycles. The molecule has 0 amide bonds. The Balaban J connectivity index is 1.01. The van der Waals surface area contributed by atoms with Crippen LogP contribution >= 0.6 is 0 Å². The number of nitrogens with zero attached hydrogens (tertiary/aromatic N) is 2. The predicted octanol–water partition coefficient (Wildman–Crippen LogP) is 16.2.